The molecule has 5 nitrogen and oxygen atoms in total. The van der Waals surface area contributed by atoms with Crippen LogP contribution in [0.3, 0.4) is 0 Å². The van der Waals surface area contributed by atoms with Crippen molar-refractivity contribution >= 4 is 23.2 Å². The molecular weight excluding hydrogens is 300 g/mol. The Labute approximate surface area is 143 Å². The number of rotatable bonds is 5. The van der Waals surface area contributed by atoms with Crippen molar-refractivity contribution in [2.75, 3.05) is 10.6 Å². The summed E-state index contributed by atoms with van der Waals surface area (Å²) in [6, 6.07) is 11.7. The number of benzene rings is 1. The summed E-state index contributed by atoms with van der Waals surface area (Å²) >= 11 is 0. The molecule has 2 rings (SSSR count). The van der Waals surface area contributed by atoms with Crippen LogP contribution in [0.4, 0.5) is 17.3 Å². The van der Waals surface area contributed by atoms with Crippen LogP contribution in [0.1, 0.15) is 46.6 Å². The Morgan fingerprint density at radius 1 is 1.04 bits per heavy atom. The zero-order chi connectivity index (χ0) is 17.7. The van der Waals surface area contributed by atoms with Gasteiger partial charge in [-0.25, -0.2) is 0 Å². The molecular formula is C19H26N4O. The van der Waals surface area contributed by atoms with Gasteiger partial charge in [-0.05, 0) is 35.1 Å². The lowest BCUT2D eigenvalue weighted by Gasteiger charge is -2.23. The van der Waals surface area contributed by atoms with Gasteiger partial charge in [-0.1, -0.05) is 52.8 Å². The van der Waals surface area contributed by atoms with Gasteiger partial charge in [-0.15, -0.1) is 10.2 Å². The predicted octanol–water partition coefficient (Wildman–Crippen LogP) is 4.50. The fourth-order valence-electron chi connectivity index (χ4n) is 2.41. The first-order chi connectivity index (χ1) is 11.3. The van der Waals surface area contributed by atoms with Crippen molar-refractivity contribution in [3.63, 3.8) is 0 Å². The summed E-state index contributed by atoms with van der Waals surface area (Å²) in [5.41, 5.74) is 2.25. The average molecular weight is 326 g/mol. The molecule has 24 heavy (non-hydrogen) atoms. The molecule has 2 aromatic rings. The summed E-state index contributed by atoms with van der Waals surface area (Å²) in [5, 5.41) is 14.3. The number of amides is 1. The van der Waals surface area contributed by atoms with Crippen LogP contribution in [0.25, 0.3) is 0 Å². The Morgan fingerprint density at radius 3 is 2.25 bits per heavy atom. The van der Waals surface area contributed by atoms with Crippen LogP contribution in [0.2, 0.25) is 0 Å². The van der Waals surface area contributed by atoms with Gasteiger partial charge >= 0.3 is 0 Å². The maximum Gasteiger partial charge on any atom is 0.225 e. The molecule has 0 radical (unpaired) electrons. The number of para-hydroxylation sites is 1. The molecule has 1 aromatic carbocycles. The third-order valence-corrected chi connectivity index (χ3v) is 3.52. The van der Waals surface area contributed by atoms with Crippen LogP contribution < -0.4 is 10.6 Å². The summed E-state index contributed by atoms with van der Waals surface area (Å²) in [4.78, 5) is 11.8. The van der Waals surface area contributed by atoms with Crippen LogP contribution in [0.15, 0.2) is 36.4 Å². The summed E-state index contributed by atoms with van der Waals surface area (Å²) in [7, 11) is 0. The van der Waals surface area contributed by atoms with Gasteiger partial charge in [0.2, 0.25) is 5.91 Å². The number of hydrogen-bond donors (Lipinski definition) is 2. The van der Waals surface area contributed by atoms with E-state index in [1.165, 1.54) is 5.56 Å². The van der Waals surface area contributed by atoms with E-state index in [2.05, 4.69) is 47.7 Å². The molecule has 0 bridgehead atoms. The molecule has 1 amide bonds. The van der Waals surface area contributed by atoms with Gasteiger partial charge in [0.15, 0.2) is 11.6 Å². The number of aromatic nitrogens is 2. The van der Waals surface area contributed by atoms with Gasteiger partial charge in [0.05, 0.1) is 0 Å². The molecule has 1 heterocycles. The molecule has 1 aromatic heterocycles. The molecule has 0 aliphatic heterocycles. The second-order valence-corrected chi connectivity index (χ2v) is 7.37. The third-order valence-electron chi connectivity index (χ3n) is 3.52. The molecule has 0 unspecified atom stereocenters. The lowest BCUT2D eigenvalue weighted by molar-refractivity contribution is -0.116. The number of hydrogen-bond acceptors (Lipinski definition) is 4. The lowest BCUT2D eigenvalue weighted by atomic mass is 9.86. The normalized spacial score (nSPS) is 11.4. The predicted molar refractivity (Wildman–Crippen MR) is 98.5 cm³/mol. The minimum absolute atomic E-state index is 0.0295. The van der Waals surface area contributed by atoms with E-state index < -0.39 is 0 Å². The summed E-state index contributed by atoms with van der Waals surface area (Å²) in [6.45, 7) is 10.5. The van der Waals surface area contributed by atoms with E-state index in [0.29, 0.717) is 24.0 Å². The zero-order valence-corrected chi connectivity index (χ0v) is 15.1. The van der Waals surface area contributed by atoms with Gasteiger partial charge in [0.25, 0.3) is 0 Å². The standard InChI is InChI=1S/C19H26N4O/c1-13(2)12-18(24)21-17-11-10-16(22-23-17)20-15-9-7-6-8-14(15)19(3,4)5/h6-11,13H,12H2,1-5H3,(H,20,22)(H,21,23,24). The minimum atomic E-state index is -0.0434. The molecule has 0 saturated heterocycles. The number of nitrogens with zero attached hydrogens (tertiary/aromatic N) is 2. The molecule has 5 heteroatoms. The topological polar surface area (TPSA) is 66.9 Å². The molecule has 0 aliphatic carbocycles. The quantitative estimate of drug-likeness (QED) is 0.849. The first-order valence-corrected chi connectivity index (χ1v) is 8.26. The Morgan fingerprint density at radius 2 is 1.67 bits per heavy atom. The van der Waals surface area contributed by atoms with Gasteiger partial charge in [0, 0.05) is 12.1 Å². The van der Waals surface area contributed by atoms with Gasteiger partial charge in [-0.3, -0.25) is 4.79 Å². The lowest BCUT2D eigenvalue weighted by Crippen LogP contribution is -2.15. The smallest absolute Gasteiger partial charge is 0.225 e. The molecule has 0 aliphatic rings. The number of nitrogens with one attached hydrogen (secondary N) is 2. The van der Waals surface area contributed by atoms with E-state index >= 15 is 0 Å². The highest BCUT2D eigenvalue weighted by atomic mass is 16.1. The summed E-state index contributed by atoms with van der Waals surface area (Å²) < 4.78 is 0. The average Bonchev–Trinajstić information content (AvgIpc) is 2.48. The van der Waals surface area contributed by atoms with Crippen molar-refractivity contribution in [3.8, 4) is 0 Å². The zero-order valence-electron chi connectivity index (χ0n) is 15.1. The molecule has 0 saturated carbocycles. The second kappa shape index (κ2) is 7.43. The molecule has 128 valence electrons. The minimum Gasteiger partial charge on any atom is -0.338 e. The maximum absolute atomic E-state index is 11.8. The summed E-state index contributed by atoms with van der Waals surface area (Å²) in [5.74, 6) is 1.38. The third kappa shape index (κ3) is 5.05. The largest absolute Gasteiger partial charge is 0.338 e. The van der Waals surface area contributed by atoms with Crippen molar-refractivity contribution < 1.29 is 4.79 Å². The van der Waals surface area contributed by atoms with Gasteiger partial charge in [0.1, 0.15) is 0 Å². The van der Waals surface area contributed by atoms with Crippen LogP contribution in [-0.2, 0) is 10.2 Å². The maximum atomic E-state index is 11.8. The highest BCUT2D eigenvalue weighted by Gasteiger charge is 2.17. The molecule has 2 N–H and O–H groups in total. The molecule has 0 atom stereocenters. The Kier molecular flexibility index (Phi) is 5.54. The van der Waals surface area contributed by atoms with Crippen molar-refractivity contribution in [3.05, 3.63) is 42.0 Å². The second-order valence-electron chi connectivity index (χ2n) is 7.37. The number of carbonyl (C=O) groups is 1. The van der Waals surface area contributed by atoms with E-state index in [-0.39, 0.29) is 11.3 Å². The van der Waals surface area contributed by atoms with E-state index in [1.54, 1.807) is 6.07 Å². The monoisotopic (exact) mass is 326 g/mol. The fourth-order valence-corrected chi connectivity index (χ4v) is 2.41. The van der Waals surface area contributed by atoms with Crippen molar-refractivity contribution in [2.45, 2.75) is 46.5 Å². The summed E-state index contributed by atoms with van der Waals surface area (Å²) in [6.07, 6.45) is 0.473. The van der Waals surface area contributed by atoms with E-state index in [1.807, 2.05) is 38.1 Å². The highest BCUT2D eigenvalue weighted by molar-refractivity contribution is 5.89. The van der Waals surface area contributed by atoms with Crippen LogP contribution in [0.5, 0.6) is 0 Å². The Hall–Kier alpha value is -2.43. The van der Waals surface area contributed by atoms with Crippen molar-refractivity contribution in [1.82, 2.24) is 10.2 Å². The van der Waals surface area contributed by atoms with E-state index in [4.69, 9.17) is 0 Å². The van der Waals surface area contributed by atoms with Crippen LogP contribution >= 0.6 is 0 Å². The number of anilines is 3. The first kappa shape index (κ1) is 17.9. The van der Waals surface area contributed by atoms with Crippen LogP contribution in [0, 0.1) is 5.92 Å². The SMILES string of the molecule is CC(C)CC(=O)Nc1ccc(Nc2ccccc2C(C)(C)C)nn1. The fraction of sp³-hybridized carbons (Fsp3) is 0.421. The first-order valence-electron chi connectivity index (χ1n) is 8.26. The molecule has 0 fully saturated rings. The highest BCUT2D eigenvalue weighted by Crippen LogP contribution is 2.30. The van der Waals surface area contributed by atoms with Gasteiger partial charge in [-0.2, -0.15) is 0 Å². The van der Waals surface area contributed by atoms with E-state index in [0.717, 1.165) is 5.69 Å². The Balaban J connectivity index is 2.09. The Bertz CT molecular complexity index is 687. The van der Waals surface area contributed by atoms with Crippen molar-refractivity contribution in [2.24, 2.45) is 5.92 Å². The number of carbonyl (C=O) groups excluding carboxylic acids is 1. The van der Waals surface area contributed by atoms with E-state index in [9.17, 15) is 4.79 Å². The van der Waals surface area contributed by atoms with Crippen molar-refractivity contribution in [1.29, 1.82) is 0 Å². The molecule has 0 spiro atoms. The van der Waals surface area contributed by atoms with Gasteiger partial charge < -0.3 is 10.6 Å². The van der Waals surface area contributed by atoms with Crippen LogP contribution in [-0.4, -0.2) is 16.1 Å².